The molecule has 1 aromatic heterocycles. The molecule has 0 aliphatic rings. The van der Waals surface area contributed by atoms with E-state index in [2.05, 4.69) is 17.5 Å². The van der Waals surface area contributed by atoms with Gasteiger partial charge in [-0.05, 0) is 28.6 Å². The summed E-state index contributed by atoms with van der Waals surface area (Å²) in [5, 5.41) is 2.06. The smallest absolute Gasteiger partial charge is 0.185 e. The molecule has 102 valence electrons. The second-order valence-corrected chi connectivity index (χ2v) is 5.58. The van der Waals surface area contributed by atoms with Crippen LogP contribution in [0.25, 0.3) is 16.5 Å². The molecule has 0 aliphatic heterocycles. The molecule has 1 nitrogen and oxygen atoms in total. The molecule has 2 aromatic carbocycles. The number of rotatable bonds is 4. The Hall–Kier alpha value is -2.45. The van der Waals surface area contributed by atoms with Crippen molar-refractivity contribution < 1.29 is 4.79 Å². The quantitative estimate of drug-likeness (QED) is 0.470. The minimum Gasteiger partial charge on any atom is -0.289 e. The summed E-state index contributed by atoms with van der Waals surface area (Å²) in [4.78, 5) is 13.3. The average Bonchev–Trinajstić information content (AvgIpc) is 3.08. The Bertz CT molecular complexity index is 755. The molecule has 1 heterocycles. The first-order chi connectivity index (χ1) is 10.3. The van der Waals surface area contributed by atoms with Gasteiger partial charge in [0.2, 0.25) is 0 Å². The molecule has 0 bridgehead atoms. The van der Waals surface area contributed by atoms with Crippen molar-refractivity contribution >= 4 is 23.2 Å². The molecular weight excluding hydrogens is 276 g/mol. The van der Waals surface area contributed by atoms with Gasteiger partial charge in [0.05, 0.1) is 0 Å². The maximum atomic E-state index is 12.1. The molecule has 0 atom stereocenters. The summed E-state index contributed by atoms with van der Waals surface area (Å²) in [6.45, 7) is 0. The third-order valence-corrected chi connectivity index (χ3v) is 4.12. The van der Waals surface area contributed by atoms with E-state index in [-0.39, 0.29) is 5.78 Å². The van der Waals surface area contributed by atoms with Crippen molar-refractivity contribution in [2.24, 2.45) is 0 Å². The summed E-state index contributed by atoms with van der Waals surface area (Å²) in [5.41, 5.74) is 2.93. The van der Waals surface area contributed by atoms with E-state index < -0.39 is 0 Å². The van der Waals surface area contributed by atoms with Gasteiger partial charge in [-0.1, -0.05) is 66.7 Å². The third kappa shape index (κ3) is 3.18. The normalized spacial score (nSPS) is 10.9. The van der Waals surface area contributed by atoms with Crippen LogP contribution < -0.4 is 0 Å². The highest BCUT2D eigenvalue weighted by Gasteiger charge is 2.04. The molecule has 0 saturated carbocycles. The van der Waals surface area contributed by atoms with E-state index in [1.54, 1.807) is 17.4 Å². The Morgan fingerprint density at radius 2 is 1.62 bits per heavy atom. The van der Waals surface area contributed by atoms with Crippen LogP contribution in [0.1, 0.15) is 15.9 Å². The van der Waals surface area contributed by atoms with E-state index in [9.17, 15) is 4.79 Å². The van der Waals surface area contributed by atoms with Crippen molar-refractivity contribution in [1.29, 1.82) is 0 Å². The summed E-state index contributed by atoms with van der Waals surface area (Å²) < 4.78 is 0. The first kappa shape index (κ1) is 13.5. The Morgan fingerprint density at radius 3 is 2.38 bits per heavy atom. The van der Waals surface area contributed by atoms with Crippen LogP contribution >= 0.6 is 11.3 Å². The van der Waals surface area contributed by atoms with Crippen molar-refractivity contribution in [3.8, 4) is 10.4 Å². The Balaban J connectivity index is 1.89. The van der Waals surface area contributed by atoms with E-state index in [4.69, 9.17) is 0 Å². The van der Waals surface area contributed by atoms with Crippen LogP contribution in [0.5, 0.6) is 0 Å². The SMILES string of the molecule is O=C(/C=C/c1ccccc1-c1cccs1)c1ccccc1. The highest BCUT2D eigenvalue weighted by Crippen LogP contribution is 2.28. The lowest BCUT2D eigenvalue weighted by Crippen LogP contribution is -1.93. The zero-order valence-electron chi connectivity index (χ0n) is 11.4. The Kier molecular flexibility index (Phi) is 4.08. The first-order valence-corrected chi connectivity index (χ1v) is 7.63. The lowest BCUT2D eigenvalue weighted by molar-refractivity contribution is 0.104. The van der Waals surface area contributed by atoms with E-state index >= 15 is 0 Å². The predicted octanol–water partition coefficient (Wildman–Crippen LogP) is 5.31. The minimum atomic E-state index is 0.0246. The Morgan fingerprint density at radius 1 is 0.857 bits per heavy atom. The fourth-order valence-corrected chi connectivity index (χ4v) is 2.94. The molecular formula is C19H14OS. The van der Waals surface area contributed by atoms with Gasteiger partial charge in [-0.2, -0.15) is 0 Å². The van der Waals surface area contributed by atoms with Crippen LogP contribution in [-0.4, -0.2) is 5.78 Å². The topological polar surface area (TPSA) is 17.1 Å². The van der Waals surface area contributed by atoms with Crippen molar-refractivity contribution in [1.82, 2.24) is 0 Å². The van der Waals surface area contributed by atoms with Gasteiger partial charge < -0.3 is 0 Å². The van der Waals surface area contributed by atoms with E-state index in [0.717, 1.165) is 11.1 Å². The number of ketones is 1. The van der Waals surface area contributed by atoms with E-state index in [1.807, 2.05) is 60.7 Å². The van der Waals surface area contributed by atoms with E-state index in [0.29, 0.717) is 5.56 Å². The predicted molar refractivity (Wildman–Crippen MR) is 89.6 cm³/mol. The number of carbonyl (C=O) groups is 1. The van der Waals surface area contributed by atoms with Crippen molar-refractivity contribution in [2.45, 2.75) is 0 Å². The van der Waals surface area contributed by atoms with Gasteiger partial charge in [0, 0.05) is 10.4 Å². The number of thiophene rings is 1. The molecule has 0 spiro atoms. The molecule has 0 N–H and O–H groups in total. The minimum absolute atomic E-state index is 0.0246. The van der Waals surface area contributed by atoms with Gasteiger partial charge in [0.15, 0.2) is 5.78 Å². The van der Waals surface area contributed by atoms with Crippen LogP contribution in [0, 0.1) is 0 Å². The largest absolute Gasteiger partial charge is 0.289 e. The molecule has 3 rings (SSSR count). The molecule has 0 fully saturated rings. The van der Waals surface area contributed by atoms with Crippen molar-refractivity contribution in [3.05, 3.63) is 89.3 Å². The number of allylic oxidation sites excluding steroid dienone is 1. The summed E-state index contributed by atoms with van der Waals surface area (Å²) >= 11 is 1.70. The molecule has 0 unspecified atom stereocenters. The molecule has 0 saturated heterocycles. The van der Waals surface area contributed by atoms with Crippen LogP contribution in [0.2, 0.25) is 0 Å². The lowest BCUT2D eigenvalue weighted by Gasteiger charge is -2.03. The van der Waals surface area contributed by atoms with Crippen LogP contribution in [0.15, 0.2) is 78.2 Å². The fraction of sp³-hybridized carbons (Fsp3) is 0. The number of hydrogen-bond donors (Lipinski definition) is 0. The van der Waals surface area contributed by atoms with Crippen molar-refractivity contribution in [3.63, 3.8) is 0 Å². The maximum absolute atomic E-state index is 12.1. The van der Waals surface area contributed by atoms with Gasteiger partial charge >= 0.3 is 0 Å². The third-order valence-electron chi connectivity index (χ3n) is 3.22. The number of benzene rings is 2. The van der Waals surface area contributed by atoms with Gasteiger partial charge in [-0.15, -0.1) is 11.3 Å². The Labute approximate surface area is 128 Å². The molecule has 0 radical (unpaired) electrons. The average molecular weight is 290 g/mol. The first-order valence-electron chi connectivity index (χ1n) is 6.75. The highest BCUT2D eigenvalue weighted by molar-refractivity contribution is 7.13. The second kappa shape index (κ2) is 6.33. The molecule has 0 amide bonds. The molecule has 3 aromatic rings. The van der Waals surface area contributed by atoms with Crippen molar-refractivity contribution in [2.75, 3.05) is 0 Å². The summed E-state index contributed by atoms with van der Waals surface area (Å²) in [6, 6.07) is 21.6. The van der Waals surface area contributed by atoms with Gasteiger partial charge in [-0.25, -0.2) is 0 Å². The molecule has 0 aliphatic carbocycles. The monoisotopic (exact) mass is 290 g/mol. The zero-order valence-corrected chi connectivity index (χ0v) is 12.2. The molecule has 21 heavy (non-hydrogen) atoms. The summed E-state index contributed by atoms with van der Waals surface area (Å²) in [7, 11) is 0. The van der Waals surface area contributed by atoms with Gasteiger partial charge in [-0.3, -0.25) is 4.79 Å². The standard InChI is InChI=1S/C19H14OS/c20-18(16-8-2-1-3-9-16)13-12-15-7-4-5-10-17(15)19-11-6-14-21-19/h1-14H/b13-12+. The summed E-state index contributed by atoms with van der Waals surface area (Å²) in [5.74, 6) is 0.0246. The van der Waals surface area contributed by atoms with Gasteiger partial charge in [0.1, 0.15) is 0 Å². The van der Waals surface area contributed by atoms with Gasteiger partial charge in [0.25, 0.3) is 0 Å². The fourth-order valence-electron chi connectivity index (χ4n) is 2.16. The number of hydrogen-bond acceptors (Lipinski definition) is 2. The van der Waals surface area contributed by atoms with Crippen LogP contribution in [0.4, 0.5) is 0 Å². The van der Waals surface area contributed by atoms with Crippen LogP contribution in [-0.2, 0) is 0 Å². The van der Waals surface area contributed by atoms with E-state index in [1.165, 1.54) is 4.88 Å². The zero-order chi connectivity index (χ0) is 14.5. The molecule has 2 heteroatoms. The second-order valence-electron chi connectivity index (χ2n) is 4.63. The number of carbonyl (C=O) groups excluding carboxylic acids is 1. The summed E-state index contributed by atoms with van der Waals surface area (Å²) in [6.07, 6.45) is 3.53. The van der Waals surface area contributed by atoms with Crippen LogP contribution in [0.3, 0.4) is 0 Å². The lowest BCUT2D eigenvalue weighted by atomic mass is 10.0. The maximum Gasteiger partial charge on any atom is 0.185 e. The highest BCUT2D eigenvalue weighted by atomic mass is 32.1.